The van der Waals surface area contributed by atoms with Crippen molar-refractivity contribution in [1.82, 2.24) is 4.90 Å². The summed E-state index contributed by atoms with van der Waals surface area (Å²) in [4.78, 5) is 24.2. The van der Waals surface area contributed by atoms with Crippen LogP contribution in [-0.4, -0.2) is 34.5 Å². The van der Waals surface area contributed by atoms with Crippen LogP contribution in [0.25, 0.3) is 0 Å². The SMILES string of the molecule is O=C(O)C1CCCN1C(=O)CCC1CC1. The smallest absolute Gasteiger partial charge is 0.326 e. The van der Waals surface area contributed by atoms with Gasteiger partial charge in [-0.15, -0.1) is 0 Å². The molecule has 2 rings (SSSR count). The van der Waals surface area contributed by atoms with E-state index in [2.05, 4.69) is 0 Å². The van der Waals surface area contributed by atoms with Gasteiger partial charge in [-0.1, -0.05) is 12.8 Å². The first-order chi connectivity index (χ1) is 7.18. The molecule has 1 atom stereocenters. The number of carbonyl (C=O) groups excluding carboxylic acids is 1. The van der Waals surface area contributed by atoms with Gasteiger partial charge < -0.3 is 10.0 Å². The molecule has 4 nitrogen and oxygen atoms in total. The summed E-state index contributed by atoms with van der Waals surface area (Å²) in [5, 5.41) is 8.93. The van der Waals surface area contributed by atoms with Crippen molar-refractivity contribution in [2.24, 2.45) is 5.92 Å². The van der Waals surface area contributed by atoms with Crippen molar-refractivity contribution in [3.05, 3.63) is 0 Å². The molecule has 0 bridgehead atoms. The van der Waals surface area contributed by atoms with Gasteiger partial charge >= 0.3 is 5.97 Å². The molecule has 0 aromatic heterocycles. The lowest BCUT2D eigenvalue weighted by molar-refractivity contribution is -0.148. The van der Waals surface area contributed by atoms with Crippen LogP contribution in [0.4, 0.5) is 0 Å². The highest BCUT2D eigenvalue weighted by Crippen LogP contribution is 2.34. The zero-order valence-electron chi connectivity index (χ0n) is 8.82. The molecular formula is C11H17NO3. The summed E-state index contributed by atoms with van der Waals surface area (Å²) in [6, 6.07) is -0.559. The summed E-state index contributed by atoms with van der Waals surface area (Å²) >= 11 is 0. The van der Waals surface area contributed by atoms with Crippen molar-refractivity contribution < 1.29 is 14.7 Å². The molecule has 0 aromatic carbocycles. The minimum atomic E-state index is -0.854. The van der Waals surface area contributed by atoms with Gasteiger partial charge in [-0.3, -0.25) is 4.79 Å². The molecule has 15 heavy (non-hydrogen) atoms. The van der Waals surface area contributed by atoms with Gasteiger partial charge in [0.05, 0.1) is 0 Å². The Kier molecular flexibility index (Phi) is 2.93. The van der Waals surface area contributed by atoms with Crippen molar-refractivity contribution in [2.45, 2.75) is 44.6 Å². The van der Waals surface area contributed by atoms with Crippen LogP contribution < -0.4 is 0 Å². The van der Waals surface area contributed by atoms with Crippen LogP contribution in [0.3, 0.4) is 0 Å². The Morgan fingerprint density at radius 3 is 2.60 bits per heavy atom. The quantitative estimate of drug-likeness (QED) is 0.761. The minimum Gasteiger partial charge on any atom is -0.480 e. The normalized spacial score (nSPS) is 25.6. The molecule has 1 N–H and O–H groups in total. The average molecular weight is 211 g/mol. The Morgan fingerprint density at radius 2 is 2.00 bits per heavy atom. The van der Waals surface area contributed by atoms with Crippen LogP contribution in [-0.2, 0) is 9.59 Å². The number of hydrogen-bond acceptors (Lipinski definition) is 2. The second-order valence-electron chi connectivity index (χ2n) is 4.57. The van der Waals surface area contributed by atoms with E-state index >= 15 is 0 Å². The van der Waals surface area contributed by atoms with Crippen LogP contribution in [0.15, 0.2) is 0 Å². The Hall–Kier alpha value is -1.06. The zero-order chi connectivity index (χ0) is 10.8. The van der Waals surface area contributed by atoms with Crippen molar-refractivity contribution in [3.8, 4) is 0 Å². The van der Waals surface area contributed by atoms with Gasteiger partial charge in [-0.05, 0) is 25.2 Å². The van der Waals surface area contributed by atoms with Crippen molar-refractivity contribution in [3.63, 3.8) is 0 Å². The molecule has 4 heteroatoms. The van der Waals surface area contributed by atoms with Gasteiger partial charge in [0.15, 0.2) is 0 Å². The van der Waals surface area contributed by atoms with Gasteiger partial charge in [-0.2, -0.15) is 0 Å². The van der Waals surface area contributed by atoms with Crippen LogP contribution in [0.2, 0.25) is 0 Å². The number of hydrogen-bond donors (Lipinski definition) is 1. The molecule has 1 heterocycles. The highest BCUT2D eigenvalue weighted by molar-refractivity contribution is 5.84. The van der Waals surface area contributed by atoms with E-state index in [-0.39, 0.29) is 5.91 Å². The third kappa shape index (κ3) is 2.49. The molecule has 1 aliphatic heterocycles. The molecule has 0 aromatic rings. The average Bonchev–Trinajstić information content (AvgIpc) is 2.88. The van der Waals surface area contributed by atoms with Crippen molar-refractivity contribution in [1.29, 1.82) is 0 Å². The summed E-state index contributed by atoms with van der Waals surface area (Å²) in [5.41, 5.74) is 0. The highest BCUT2D eigenvalue weighted by atomic mass is 16.4. The molecule has 1 unspecified atom stereocenters. The number of amides is 1. The summed E-state index contributed by atoms with van der Waals surface area (Å²) in [6.45, 7) is 0.625. The first-order valence-electron chi connectivity index (χ1n) is 5.71. The maximum atomic E-state index is 11.8. The Labute approximate surface area is 89.3 Å². The second kappa shape index (κ2) is 4.21. The molecule has 1 aliphatic carbocycles. The maximum Gasteiger partial charge on any atom is 0.326 e. The van der Waals surface area contributed by atoms with E-state index in [0.717, 1.165) is 18.8 Å². The zero-order valence-corrected chi connectivity index (χ0v) is 8.82. The largest absolute Gasteiger partial charge is 0.480 e. The molecule has 1 amide bonds. The van der Waals surface area contributed by atoms with Crippen molar-refractivity contribution >= 4 is 11.9 Å². The second-order valence-corrected chi connectivity index (χ2v) is 4.57. The molecular weight excluding hydrogens is 194 g/mol. The number of carbonyl (C=O) groups is 2. The Morgan fingerprint density at radius 1 is 1.27 bits per heavy atom. The van der Waals surface area contributed by atoms with Crippen LogP contribution >= 0.6 is 0 Å². The van der Waals surface area contributed by atoms with E-state index in [4.69, 9.17) is 5.11 Å². The molecule has 0 spiro atoms. The fourth-order valence-corrected chi connectivity index (χ4v) is 2.20. The first-order valence-corrected chi connectivity index (χ1v) is 5.71. The fraction of sp³-hybridized carbons (Fsp3) is 0.818. The lowest BCUT2D eigenvalue weighted by atomic mass is 10.2. The summed E-state index contributed by atoms with van der Waals surface area (Å²) in [7, 11) is 0. The van der Waals surface area contributed by atoms with E-state index < -0.39 is 12.0 Å². The number of likely N-dealkylation sites (tertiary alicyclic amines) is 1. The molecule has 1 saturated heterocycles. The van der Waals surface area contributed by atoms with E-state index in [1.54, 1.807) is 4.90 Å². The fourth-order valence-electron chi connectivity index (χ4n) is 2.20. The summed E-state index contributed by atoms with van der Waals surface area (Å²) in [6.07, 6.45) is 5.41. The van der Waals surface area contributed by atoms with Crippen molar-refractivity contribution in [2.75, 3.05) is 6.54 Å². The number of aliphatic carboxylic acids is 1. The molecule has 84 valence electrons. The number of carboxylic acid groups (broad SMARTS) is 1. The summed E-state index contributed by atoms with van der Waals surface area (Å²) < 4.78 is 0. The molecule has 2 aliphatic rings. The predicted molar refractivity (Wildman–Crippen MR) is 54.3 cm³/mol. The predicted octanol–water partition coefficient (Wildman–Crippen LogP) is 1.25. The standard InChI is InChI=1S/C11H17NO3/c13-10(6-5-8-3-4-8)12-7-1-2-9(12)11(14)15/h8-9H,1-7H2,(H,14,15). The van der Waals surface area contributed by atoms with Gasteiger partial charge in [0.2, 0.25) is 5.91 Å². The monoisotopic (exact) mass is 211 g/mol. The maximum absolute atomic E-state index is 11.8. The van der Waals surface area contributed by atoms with Gasteiger partial charge in [0, 0.05) is 13.0 Å². The van der Waals surface area contributed by atoms with E-state index in [0.29, 0.717) is 19.4 Å². The van der Waals surface area contributed by atoms with Crippen LogP contribution in [0.5, 0.6) is 0 Å². The topological polar surface area (TPSA) is 57.6 Å². The molecule has 2 fully saturated rings. The van der Waals surface area contributed by atoms with E-state index in [1.165, 1.54) is 12.8 Å². The van der Waals surface area contributed by atoms with E-state index in [9.17, 15) is 9.59 Å². The lowest BCUT2D eigenvalue weighted by Gasteiger charge is -2.21. The van der Waals surface area contributed by atoms with Gasteiger partial charge in [0.1, 0.15) is 6.04 Å². The highest BCUT2D eigenvalue weighted by Gasteiger charge is 2.34. The van der Waals surface area contributed by atoms with Gasteiger partial charge in [0.25, 0.3) is 0 Å². The Bertz CT molecular complexity index is 273. The lowest BCUT2D eigenvalue weighted by Crippen LogP contribution is -2.40. The molecule has 0 radical (unpaired) electrons. The Balaban J connectivity index is 1.84. The number of carboxylic acids is 1. The summed E-state index contributed by atoms with van der Waals surface area (Å²) in [5.74, 6) is -0.0843. The third-order valence-corrected chi connectivity index (χ3v) is 3.32. The first kappa shape index (κ1) is 10.5. The number of rotatable bonds is 4. The van der Waals surface area contributed by atoms with Gasteiger partial charge in [-0.25, -0.2) is 4.79 Å². The third-order valence-electron chi connectivity index (χ3n) is 3.32. The number of nitrogens with zero attached hydrogens (tertiary/aromatic N) is 1. The minimum absolute atomic E-state index is 0.0341. The molecule has 1 saturated carbocycles. The van der Waals surface area contributed by atoms with E-state index in [1.807, 2.05) is 0 Å². The van der Waals surface area contributed by atoms with Crippen LogP contribution in [0.1, 0.15) is 38.5 Å². The van der Waals surface area contributed by atoms with Crippen LogP contribution in [0, 0.1) is 5.92 Å².